The van der Waals surface area contributed by atoms with Gasteiger partial charge in [0, 0.05) is 11.9 Å². The molecule has 0 saturated carbocycles. The van der Waals surface area contributed by atoms with Gasteiger partial charge >= 0.3 is 6.18 Å². The van der Waals surface area contributed by atoms with E-state index in [1.165, 1.54) is 6.07 Å². The maximum Gasteiger partial charge on any atom is 0.417 e. The number of alkyl halides is 3. The Morgan fingerprint density at radius 2 is 2.00 bits per heavy atom. The highest BCUT2D eigenvalue weighted by atomic mass is 32.1. The van der Waals surface area contributed by atoms with E-state index in [4.69, 9.17) is 0 Å². The van der Waals surface area contributed by atoms with Crippen LogP contribution < -0.4 is 0 Å². The van der Waals surface area contributed by atoms with Gasteiger partial charge in [0.05, 0.1) is 5.56 Å². The minimum Gasteiger partial charge on any atom is -0.261 e. The Kier molecular flexibility index (Phi) is 3.19. The standard InChI is InChI=1S/C8H8F3NS/c9-8(10,11)6-1-2-7(3-4-13)12-5-6/h1-2,5,13H,3-4H2. The predicted octanol–water partition coefficient (Wildman–Crippen LogP) is 2.57. The van der Waals surface area contributed by atoms with Crippen LogP contribution in [0.4, 0.5) is 13.2 Å². The molecule has 0 saturated heterocycles. The predicted molar refractivity (Wildman–Crippen MR) is 46.8 cm³/mol. The van der Waals surface area contributed by atoms with E-state index in [1.807, 2.05) is 0 Å². The van der Waals surface area contributed by atoms with E-state index in [0.717, 1.165) is 12.3 Å². The molecule has 1 rings (SSSR count). The first kappa shape index (κ1) is 10.4. The molecule has 0 unspecified atom stereocenters. The minimum absolute atomic E-state index is 0.582. The molecule has 5 heteroatoms. The molecule has 1 heterocycles. The average Bonchev–Trinajstić information content (AvgIpc) is 2.04. The second kappa shape index (κ2) is 4.00. The van der Waals surface area contributed by atoms with Gasteiger partial charge in [0.1, 0.15) is 0 Å². The number of hydrogen-bond acceptors (Lipinski definition) is 2. The highest BCUT2D eigenvalue weighted by Gasteiger charge is 2.30. The monoisotopic (exact) mass is 207 g/mol. The topological polar surface area (TPSA) is 12.9 Å². The van der Waals surface area contributed by atoms with Gasteiger partial charge in [-0.25, -0.2) is 0 Å². The fourth-order valence-electron chi connectivity index (χ4n) is 0.855. The maximum atomic E-state index is 12.1. The van der Waals surface area contributed by atoms with Gasteiger partial charge in [-0.3, -0.25) is 4.98 Å². The molecular weight excluding hydrogens is 199 g/mol. The maximum absolute atomic E-state index is 12.1. The molecule has 0 aliphatic heterocycles. The van der Waals surface area contributed by atoms with Crippen LogP contribution in [0.15, 0.2) is 18.3 Å². The number of pyridine rings is 1. The van der Waals surface area contributed by atoms with Gasteiger partial charge < -0.3 is 0 Å². The Morgan fingerprint density at radius 1 is 1.31 bits per heavy atom. The van der Waals surface area contributed by atoms with E-state index in [1.54, 1.807) is 0 Å². The van der Waals surface area contributed by atoms with E-state index in [2.05, 4.69) is 17.6 Å². The molecule has 13 heavy (non-hydrogen) atoms. The third kappa shape index (κ3) is 2.91. The second-order valence-electron chi connectivity index (χ2n) is 2.51. The van der Waals surface area contributed by atoms with Crippen LogP contribution >= 0.6 is 12.6 Å². The fourth-order valence-corrected chi connectivity index (χ4v) is 1.08. The zero-order valence-corrected chi connectivity index (χ0v) is 7.57. The van der Waals surface area contributed by atoms with Crippen molar-refractivity contribution in [3.63, 3.8) is 0 Å². The summed E-state index contributed by atoms with van der Waals surface area (Å²) in [5, 5.41) is 0. The smallest absolute Gasteiger partial charge is 0.261 e. The van der Waals surface area contributed by atoms with Crippen molar-refractivity contribution in [1.29, 1.82) is 0 Å². The summed E-state index contributed by atoms with van der Waals surface area (Å²) in [7, 11) is 0. The Morgan fingerprint density at radius 3 is 2.38 bits per heavy atom. The van der Waals surface area contributed by atoms with Crippen LogP contribution in [0.2, 0.25) is 0 Å². The Balaban J connectivity index is 2.81. The molecule has 0 aliphatic carbocycles. The van der Waals surface area contributed by atoms with E-state index < -0.39 is 11.7 Å². The summed E-state index contributed by atoms with van der Waals surface area (Å²) in [6.07, 6.45) is -2.87. The van der Waals surface area contributed by atoms with Gasteiger partial charge in [-0.2, -0.15) is 25.8 Å². The molecule has 0 aromatic carbocycles. The van der Waals surface area contributed by atoms with E-state index >= 15 is 0 Å². The van der Waals surface area contributed by atoms with Gasteiger partial charge in [0.15, 0.2) is 0 Å². The molecule has 0 aliphatic rings. The van der Waals surface area contributed by atoms with E-state index in [9.17, 15) is 13.2 Å². The van der Waals surface area contributed by atoms with Crippen molar-refractivity contribution in [2.24, 2.45) is 0 Å². The highest BCUT2D eigenvalue weighted by Crippen LogP contribution is 2.28. The molecule has 1 nitrogen and oxygen atoms in total. The van der Waals surface area contributed by atoms with E-state index in [-0.39, 0.29) is 0 Å². The van der Waals surface area contributed by atoms with E-state index in [0.29, 0.717) is 17.9 Å². The number of aryl methyl sites for hydroxylation is 1. The molecule has 0 amide bonds. The van der Waals surface area contributed by atoms with Crippen molar-refractivity contribution in [3.8, 4) is 0 Å². The van der Waals surface area contributed by atoms with Gasteiger partial charge in [-0.15, -0.1) is 0 Å². The summed E-state index contributed by atoms with van der Waals surface area (Å²) >= 11 is 3.95. The number of thiol groups is 1. The molecule has 72 valence electrons. The number of aromatic nitrogens is 1. The van der Waals surface area contributed by atoms with Crippen LogP contribution in [0.5, 0.6) is 0 Å². The van der Waals surface area contributed by atoms with Gasteiger partial charge in [0.2, 0.25) is 0 Å². The van der Waals surface area contributed by atoms with Crippen LogP contribution in [0.3, 0.4) is 0 Å². The first-order chi connectivity index (χ1) is 6.04. The molecule has 0 N–H and O–H groups in total. The lowest BCUT2D eigenvalue weighted by atomic mass is 10.2. The lowest BCUT2D eigenvalue weighted by molar-refractivity contribution is -0.137. The first-order valence-electron chi connectivity index (χ1n) is 3.67. The normalized spacial score (nSPS) is 11.7. The summed E-state index contributed by atoms with van der Waals surface area (Å²) < 4.78 is 36.2. The van der Waals surface area contributed by atoms with Gasteiger partial charge in [-0.1, -0.05) is 0 Å². The van der Waals surface area contributed by atoms with Crippen molar-refractivity contribution in [2.45, 2.75) is 12.6 Å². The number of hydrogen-bond donors (Lipinski definition) is 1. The third-order valence-electron chi connectivity index (χ3n) is 1.52. The quantitative estimate of drug-likeness (QED) is 0.735. The van der Waals surface area contributed by atoms with Crippen molar-refractivity contribution in [1.82, 2.24) is 4.98 Å². The molecule has 0 fully saturated rings. The zero-order valence-electron chi connectivity index (χ0n) is 6.67. The van der Waals surface area contributed by atoms with Gasteiger partial charge in [0.25, 0.3) is 0 Å². The van der Waals surface area contributed by atoms with Crippen molar-refractivity contribution in [2.75, 3.05) is 5.75 Å². The first-order valence-corrected chi connectivity index (χ1v) is 4.30. The van der Waals surface area contributed by atoms with Crippen LogP contribution in [-0.2, 0) is 12.6 Å². The van der Waals surface area contributed by atoms with Crippen LogP contribution in [-0.4, -0.2) is 10.7 Å². The lowest BCUT2D eigenvalue weighted by Crippen LogP contribution is -2.06. The minimum atomic E-state index is -4.30. The highest BCUT2D eigenvalue weighted by molar-refractivity contribution is 7.80. The molecule has 1 aromatic heterocycles. The largest absolute Gasteiger partial charge is 0.417 e. The summed E-state index contributed by atoms with van der Waals surface area (Å²) in [5.74, 6) is 0.582. The molecule has 0 atom stereocenters. The van der Waals surface area contributed by atoms with Gasteiger partial charge in [-0.05, 0) is 24.3 Å². The van der Waals surface area contributed by atoms with Crippen LogP contribution in [0.1, 0.15) is 11.3 Å². The SMILES string of the molecule is FC(F)(F)c1ccc(CCS)nc1. The zero-order chi connectivity index (χ0) is 9.90. The molecule has 0 bridgehead atoms. The Bertz CT molecular complexity index is 268. The van der Waals surface area contributed by atoms with Crippen LogP contribution in [0.25, 0.3) is 0 Å². The number of nitrogens with zero attached hydrogens (tertiary/aromatic N) is 1. The van der Waals surface area contributed by atoms with Crippen molar-refractivity contribution < 1.29 is 13.2 Å². The second-order valence-corrected chi connectivity index (χ2v) is 2.96. The number of halogens is 3. The van der Waals surface area contributed by atoms with Crippen LogP contribution in [0, 0.1) is 0 Å². The molecular formula is C8H8F3NS. The summed E-state index contributed by atoms with van der Waals surface area (Å²) in [6.45, 7) is 0. The third-order valence-corrected chi connectivity index (χ3v) is 1.74. The Hall–Kier alpha value is -0.710. The summed E-state index contributed by atoms with van der Waals surface area (Å²) in [4.78, 5) is 3.67. The Labute approximate surface area is 79.4 Å². The fraction of sp³-hybridized carbons (Fsp3) is 0.375. The number of rotatable bonds is 2. The van der Waals surface area contributed by atoms with Crippen molar-refractivity contribution >= 4 is 12.6 Å². The molecule has 1 aromatic rings. The molecule has 0 spiro atoms. The molecule has 0 radical (unpaired) electrons. The average molecular weight is 207 g/mol. The summed E-state index contributed by atoms with van der Waals surface area (Å²) in [5.41, 5.74) is -0.0848. The van der Waals surface area contributed by atoms with Crippen molar-refractivity contribution in [3.05, 3.63) is 29.6 Å². The summed E-state index contributed by atoms with van der Waals surface area (Å²) in [6, 6.07) is 2.41. The lowest BCUT2D eigenvalue weighted by Gasteiger charge is -2.05.